The van der Waals surface area contributed by atoms with Crippen molar-refractivity contribution in [2.75, 3.05) is 13.6 Å². The van der Waals surface area contributed by atoms with Crippen LogP contribution in [0.1, 0.15) is 28.8 Å². The Kier molecular flexibility index (Phi) is 4.80. The maximum Gasteiger partial charge on any atom is 0.274 e. The third-order valence-corrected chi connectivity index (χ3v) is 4.51. The fourth-order valence-electron chi connectivity index (χ4n) is 2.43. The molecule has 22 heavy (non-hydrogen) atoms. The van der Waals surface area contributed by atoms with Gasteiger partial charge in [0, 0.05) is 47.7 Å². The normalized spacial score (nSPS) is 17.2. The fourth-order valence-corrected chi connectivity index (χ4v) is 2.88. The second kappa shape index (κ2) is 6.43. The van der Waals surface area contributed by atoms with Crippen LogP contribution in [0.25, 0.3) is 0 Å². The minimum Gasteiger partial charge on any atom is -0.352 e. The van der Waals surface area contributed by atoms with Gasteiger partial charge in [-0.2, -0.15) is 0 Å². The topological polar surface area (TPSA) is 92.6 Å². The summed E-state index contributed by atoms with van der Waals surface area (Å²) < 4.78 is 0.521. The van der Waals surface area contributed by atoms with E-state index < -0.39 is 4.92 Å². The lowest BCUT2D eigenvalue weighted by Gasteiger charge is -2.21. The van der Waals surface area contributed by atoms with Crippen LogP contribution in [-0.2, 0) is 4.79 Å². The quantitative estimate of drug-likeness (QED) is 0.648. The molecule has 8 heteroatoms. The minimum absolute atomic E-state index is 0.0143. The van der Waals surface area contributed by atoms with Crippen molar-refractivity contribution in [2.24, 2.45) is 0 Å². The van der Waals surface area contributed by atoms with Gasteiger partial charge in [-0.1, -0.05) is 15.9 Å². The predicted octanol–water partition coefficient (Wildman–Crippen LogP) is 2.02. The van der Waals surface area contributed by atoms with E-state index in [1.54, 1.807) is 20.0 Å². The smallest absolute Gasteiger partial charge is 0.274 e. The van der Waals surface area contributed by atoms with E-state index >= 15 is 0 Å². The number of rotatable bonds is 4. The molecule has 0 radical (unpaired) electrons. The molecule has 0 bridgehead atoms. The highest BCUT2D eigenvalue weighted by Gasteiger charge is 2.25. The Bertz CT molecular complexity index is 647. The van der Waals surface area contributed by atoms with Crippen molar-refractivity contribution in [3.05, 3.63) is 37.8 Å². The number of carbonyl (C=O) groups is 2. The van der Waals surface area contributed by atoms with Gasteiger partial charge in [0.2, 0.25) is 5.91 Å². The second-order valence-electron chi connectivity index (χ2n) is 5.35. The molecule has 1 N–H and O–H groups in total. The van der Waals surface area contributed by atoms with Gasteiger partial charge in [-0.15, -0.1) is 0 Å². The van der Waals surface area contributed by atoms with Crippen LogP contribution in [0.4, 0.5) is 5.69 Å². The number of halogens is 1. The number of hydrogen-bond donors (Lipinski definition) is 1. The van der Waals surface area contributed by atoms with E-state index in [0.717, 1.165) is 0 Å². The van der Waals surface area contributed by atoms with Crippen LogP contribution in [0.2, 0.25) is 0 Å². The van der Waals surface area contributed by atoms with E-state index in [-0.39, 0.29) is 29.1 Å². The number of nitrogens with one attached hydrogen (secondary N) is 1. The Morgan fingerprint density at radius 3 is 2.77 bits per heavy atom. The summed E-state index contributed by atoms with van der Waals surface area (Å²) in [7, 11) is 1.62. The van der Waals surface area contributed by atoms with E-state index in [9.17, 15) is 19.7 Å². The first kappa shape index (κ1) is 16.4. The molecular formula is C14H16BrN3O4. The Labute approximate surface area is 135 Å². The van der Waals surface area contributed by atoms with E-state index in [2.05, 4.69) is 21.2 Å². The van der Waals surface area contributed by atoms with Gasteiger partial charge in [-0.05, 0) is 19.4 Å². The van der Waals surface area contributed by atoms with Crippen molar-refractivity contribution in [1.82, 2.24) is 10.2 Å². The van der Waals surface area contributed by atoms with E-state index in [4.69, 9.17) is 0 Å². The summed E-state index contributed by atoms with van der Waals surface area (Å²) in [6.45, 7) is 2.00. The molecule has 0 saturated carbocycles. The molecule has 0 aliphatic carbocycles. The number of likely N-dealkylation sites (N-methyl/N-ethyl adjacent to an activating group) is 1. The molecule has 0 aromatic heterocycles. The molecule has 118 valence electrons. The summed E-state index contributed by atoms with van der Waals surface area (Å²) >= 11 is 3.25. The SMILES string of the molecule is Cc1c(Br)cc(C(=O)N(C)C[C@@H]2CCC(=O)N2)cc1[N+](=O)[O-]. The third-order valence-electron chi connectivity index (χ3n) is 3.69. The van der Waals surface area contributed by atoms with Crippen molar-refractivity contribution in [1.29, 1.82) is 0 Å². The van der Waals surface area contributed by atoms with E-state index in [0.29, 0.717) is 29.4 Å². The average molecular weight is 370 g/mol. The Hall–Kier alpha value is -1.96. The van der Waals surface area contributed by atoms with E-state index in [1.807, 2.05) is 0 Å². The van der Waals surface area contributed by atoms with E-state index in [1.165, 1.54) is 11.0 Å². The van der Waals surface area contributed by atoms with Crippen LogP contribution >= 0.6 is 15.9 Å². The van der Waals surface area contributed by atoms with Gasteiger partial charge < -0.3 is 10.2 Å². The molecule has 0 unspecified atom stereocenters. The monoisotopic (exact) mass is 369 g/mol. The number of hydrogen-bond acceptors (Lipinski definition) is 4. The summed E-state index contributed by atoms with van der Waals surface area (Å²) in [6.07, 6.45) is 1.16. The van der Waals surface area contributed by atoms with Crippen molar-refractivity contribution >= 4 is 33.4 Å². The molecule has 1 fully saturated rings. The van der Waals surface area contributed by atoms with Crippen molar-refractivity contribution in [2.45, 2.75) is 25.8 Å². The molecule has 1 atom stereocenters. The van der Waals surface area contributed by atoms with Crippen LogP contribution < -0.4 is 5.32 Å². The van der Waals surface area contributed by atoms with Crippen LogP contribution in [0.5, 0.6) is 0 Å². The van der Waals surface area contributed by atoms with Gasteiger partial charge >= 0.3 is 0 Å². The first-order valence-electron chi connectivity index (χ1n) is 6.79. The zero-order valence-corrected chi connectivity index (χ0v) is 13.8. The Balaban J connectivity index is 2.18. The molecule has 1 aliphatic rings. The number of amides is 2. The van der Waals surface area contributed by atoms with Crippen LogP contribution in [-0.4, -0.2) is 41.3 Å². The largest absolute Gasteiger partial charge is 0.352 e. The lowest BCUT2D eigenvalue weighted by molar-refractivity contribution is -0.385. The highest BCUT2D eigenvalue weighted by Crippen LogP contribution is 2.28. The molecule has 1 aromatic rings. The standard InChI is InChI=1S/C14H16BrN3O4/c1-8-11(15)5-9(6-12(8)18(21)22)14(20)17(2)7-10-3-4-13(19)16-10/h5-6,10H,3-4,7H2,1-2H3,(H,16,19)/t10-/m0/s1. The third kappa shape index (κ3) is 3.44. The number of nitro groups is 1. The molecule has 1 heterocycles. The average Bonchev–Trinajstić information content (AvgIpc) is 2.85. The van der Waals surface area contributed by atoms with Crippen LogP contribution in [0.3, 0.4) is 0 Å². The van der Waals surface area contributed by atoms with Crippen LogP contribution in [0, 0.1) is 17.0 Å². The fraction of sp³-hybridized carbons (Fsp3) is 0.429. The van der Waals surface area contributed by atoms with Gasteiger partial charge in [0.25, 0.3) is 11.6 Å². The van der Waals surface area contributed by atoms with Crippen LogP contribution in [0.15, 0.2) is 16.6 Å². The minimum atomic E-state index is -0.506. The van der Waals surface area contributed by atoms with Gasteiger partial charge in [0.05, 0.1) is 4.92 Å². The zero-order chi connectivity index (χ0) is 16.4. The first-order valence-corrected chi connectivity index (χ1v) is 7.58. The summed E-state index contributed by atoms with van der Waals surface area (Å²) in [5.74, 6) is -0.329. The number of benzene rings is 1. The Morgan fingerprint density at radius 2 is 2.23 bits per heavy atom. The summed E-state index contributed by atoms with van der Waals surface area (Å²) in [4.78, 5) is 35.6. The summed E-state index contributed by atoms with van der Waals surface area (Å²) in [5, 5.41) is 13.8. The highest BCUT2D eigenvalue weighted by molar-refractivity contribution is 9.10. The lowest BCUT2D eigenvalue weighted by Crippen LogP contribution is -2.39. The van der Waals surface area contributed by atoms with Gasteiger partial charge in [-0.3, -0.25) is 19.7 Å². The molecule has 0 spiro atoms. The molecule has 7 nitrogen and oxygen atoms in total. The maximum atomic E-state index is 12.4. The molecule has 2 rings (SSSR count). The highest BCUT2D eigenvalue weighted by atomic mass is 79.9. The molecule has 1 saturated heterocycles. The zero-order valence-electron chi connectivity index (χ0n) is 12.3. The van der Waals surface area contributed by atoms with Crippen molar-refractivity contribution in [3.63, 3.8) is 0 Å². The molecule has 1 aromatic carbocycles. The Morgan fingerprint density at radius 1 is 1.55 bits per heavy atom. The number of nitrogens with zero attached hydrogens (tertiary/aromatic N) is 2. The molecular weight excluding hydrogens is 354 g/mol. The van der Waals surface area contributed by atoms with Crippen molar-refractivity contribution < 1.29 is 14.5 Å². The summed E-state index contributed by atoms with van der Waals surface area (Å²) in [6, 6.07) is 2.80. The second-order valence-corrected chi connectivity index (χ2v) is 6.20. The molecule has 2 amide bonds. The maximum absolute atomic E-state index is 12.4. The van der Waals surface area contributed by atoms with Gasteiger partial charge in [0.15, 0.2) is 0 Å². The number of carbonyl (C=O) groups excluding carboxylic acids is 2. The number of nitro benzene ring substituents is 1. The lowest BCUT2D eigenvalue weighted by atomic mass is 10.1. The predicted molar refractivity (Wildman–Crippen MR) is 83.7 cm³/mol. The first-order chi connectivity index (χ1) is 10.3. The molecule has 1 aliphatic heterocycles. The van der Waals surface area contributed by atoms with Gasteiger partial charge in [-0.25, -0.2) is 0 Å². The summed E-state index contributed by atoms with van der Waals surface area (Å²) in [5.41, 5.74) is 0.628. The van der Waals surface area contributed by atoms with Gasteiger partial charge in [0.1, 0.15) is 0 Å². The van der Waals surface area contributed by atoms with Crippen molar-refractivity contribution in [3.8, 4) is 0 Å².